The van der Waals surface area contributed by atoms with Gasteiger partial charge in [-0.05, 0) is 18.8 Å². The van der Waals surface area contributed by atoms with Crippen molar-refractivity contribution in [1.82, 2.24) is 0 Å². The van der Waals surface area contributed by atoms with Crippen molar-refractivity contribution < 1.29 is 9.47 Å². The average Bonchev–Trinajstić information content (AvgIpc) is 2.15. The van der Waals surface area contributed by atoms with Gasteiger partial charge in [0.1, 0.15) is 0 Å². The van der Waals surface area contributed by atoms with Crippen LogP contribution < -0.4 is 0 Å². The molecule has 0 saturated heterocycles. The van der Waals surface area contributed by atoms with E-state index in [0.29, 0.717) is 19.1 Å². The summed E-state index contributed by atoms with van der Waals surface area (Å²) in [6, 6.07) is 0. The lowest BCUT2D eigenvalue weighted by Crippen LogP contribution is -2.07. The topological polar surface area (TPSA) is 18.5 Å². The summed E-state index contributed by atoms with van der Waals surface area (Å²) in [6.07, 6.45) is 7.98. The maximum atomic E-state index is 5.39. The molecule has 0 N–H and O–H groups in total. The second-order valence-electron chi connectivity index (χ2n) is 3.71. The van der Waals surface area contributed by atoms with Gasteiger partial charge in [0.05, 0.1) is 13.2 Å². The Bertz CT molecular complexity index is 147. The highest BCUT2D eigenvalue weighted by Gasteiger charge is 1.93. The van der Waals surface area contributed by atoms with Gasteiger partial charge in [-0.15, -0.1) is 12.3 Å². The van der Waals surface area contributed by atoms with Crippen LogP contribution in [0.4, 0.5) is 0 Å². The zero-order valence-corrected chi connectivity index (χ0v) is 9.42. The Labute approximate surface area is 88.0 Å². The number of hydrogen-bond donors (Lipinski definition) is 0. The number of unbranched alkanes of at least 4 members (excludes halogenated alkanes) is 1. The van der Waals surface area contributed by atoms with Gasteiger partial charge < -0.3 is 9.47 Å². The van der Waals surface area contributed by atoms with Crippen molar-refractivity contribution in [3.05, 3.63) is 0 Å². The molecule has 0 aromatic rings. The number of terminal acetylenes is 1. The minimum Gasteiger partial charge on any atom is -0.379 e. The predicted octanol–water partition coefficient (Wildman–Crippen LogP) is 2.48. The molecule has 0 amide bonds. The molecule has 0 aliphatic rings. The van der Waals surface area contributed by atoms with Gasteiger partial charge in [-0.3, -0.25) is 0 Å². The zero-order chi connectivity index (χ0) is 10.6. The van der Waals surface area contributed by atoms with E-state index in [1.165, 1.54) is 0 Å². The van der Waals surface area contributed by atoms with E-state index < -0.39 is 0 Å². The normalized spacial score (nSPS) is 10.4. The Morgan fingerprint density at radius 3 is 2.29 bits per heavy atom. The first kappa shape index (κ1) is 13.5. The van der Waals surface area contributed by atoms with Gasteiger partial charge in [0.15, 0.2) is 0 Å². The fraction of sp³-hybridized carbons (Fsp3) is 0.833. The Morgan fingerprint density at radius 1 is 1.07 bits per heavy atom. The van der Waals surface area contributed by atoms with E-state index >= 15 is 0 Å². The van der Waals surface area contributed by atoms with Crippen LogP contribution in [0.15, 0.2) is 0 Å². The fourth-order valence-corrected chi connectivity index (χ4v) is 0.917. The van der Waals surface area contributed by atoms with E-state index in [-0.39, 0.29) is 0 Å². The van der Waals surface area contributed by atoms with Gasteiger partial charge in [0, 0.05) is 19.6 Å². The quantitative estimate of drug-likeness (QED) is 0.418. The lowest BCUT2D eigenvalue weighted by atomic mass is 10.1. The number of rotatable bonds is 9. The summed E-state index contributed by atoms with van der Waals surface area (Å²) >= 11 is 0. The standard InChI is InChI=1S/C12H22O2/c1-4-5-6-8-13-10-11-14-9-7-12(2)3/h1,12H,5-11H2,2-3H3. The molecule has 0 saturated carbocycles. The minimum absolute atomic E-state index is 0.683. The molecule has 2 heteroatoms. The smallest absolute Gasteiger partial charge is 0.0700 e. The van der Waals surface area contributed by atoms with E-state index in [4.69, 9.17) is 15.9 Å². The highest BCUT2D eigenvalue weighted by Crippen LogP contribution is 1.98. The lowest BCUT2D eigenvalue weighted by Gasteiger charge is -2.06. The maximum Gasteiger partial charge on any atom is 0.0700 e. The summed E-state index contributed by atoms with van der Waals surface area (Å²) < 4.78 is 10.7. The lowest BCUT2D eigenvalue weighted by molar-refractivity contribution is 0.0435. The minimum atomic E-state index is 0.683. The van der Waals surface area contributed by atoms with Gasteiger partial charge >= 0.3 is 0 Å². The second kappa shape index (κ2) is 10.6. The largest absolute Gasteiger partial charge is 0.379 e. The molecule has 2 nitrogen and oxygen atoms in total. The molecule has 82 valence electrons. The third-order valence-electron chi connectivity index (χ3n) is 1.82. The van der Waals surface area contributed by atoms with E-state index in [9.17, 15) is 0 Å². The van der Waals surface area contributed by atoms with Crippen molar-refractivity contribution in [1.29, 1.82) is 0 Å². The molecule has 0 fully saturated rings. The van der Waals surface area contributed by atoms with Crippen LogP contribution in [0.2, 0.25) is 0 Å². The van der Waals surface area contributed by atoms with E-state index in [2.05, 4.69) is 19.8 Å². The third kappa shape index (κ3) is 11.5. The Balaban J connectivity index is 2.89. The van der Waals surface area contributed by atoms with Gasteiger partial charge in [-0.1, -0.05) is 13.8 Å². The Kier molecular flexibility index (Phi) is 10.2. The summed E-state index contributed by atoms with van der Waals surface area (Å²) in [5, 5.41) is 0. The molecule has 0 rings (SSSR count). The van der Waals surface area contributed by atoms with E-state index in [1.54, 1.807) is 0 Å². The van der Waals surface area contributed by atoms with Crippen LogP contribution >= 0.6 is 0 Å². The molecule has 0 aliphatic carbocycles. The van der Waals surface area contributed by atoms with Crippen molar-refractivity contribution in [2.24, 2.45) is 5.92 Å². The summed E-state index contributed by atoms with van der Waals surface area (Å²) in [5.74, 6) is 3.29. The third-order valence-corrected chi connectivity index (χ3v) is 1.82. The van der Waals surface area contributed by atoms with Crippen LogP contribution in [0.5, 0.6) is 0 Å². The summed E-state index contributed by atoms with van der Waals surface area (Å²) in [6.45, 7) is 7.36. The van der Waals surface area contributed by atoms with Crippen LogP contribution in [0.3, 0.4) is 0 Å². The number of hydrogen-bond acceptors (Lipinski definition) is 2. The first-order valence-electron chi connectivity index (χ1n) is 5.36. The van der Waals surface area contributed by atoms with Crippen LogP contribution in [0, 0.1) is 18.3 Å². The van der Waals surface area contributed by atoms with Crippen molar-refractivity contribution in [2.75, 3.05) is 26.4 Å². The molecule has 0 aliphatic heterocycles. The first-order valence-corrected chi connectivity index (χ1v) is 5.36. The van der Waals surface area contributed by atoms with Crippen LogP contribution in [-0.4, -0.2) is 26.4 Å². The van der Waals surface area contributed by atoms with Crippen LogP contribution in [0.25, 0.3) is 0 Å². The van der Waals surface area contributed by atoms with Gasteiger partial charge in [0.2, 0.25) is 0 Å². The summed E-state index contributed by atoms with van der Waals surface area (Å²) in [7, 11) is 0. The number of ether oxygens (including phenoxy) is 2. The molecule has 0 spiro atoms. The average molecular weight is 198 g/mol. The first-order chi connectivity index (χ1) is 6.77. The fourth-order valence-electron chi connectivity index (χ4n) is 0.917. The van der Waals surface area contributed by atoms with Crippen LogP contribution in [0.1, 0.15) is 33.1 Å². The second-order valence-corrected chi connectivity index (χ2v) is 3.71. The van der Waals surface area contributed by atoms with Gasteiger partial charge in [-0.25, -0.2) is 0 Å². The monoisotopic (exact) mass is 198 g/mol. The highest BCUT2D eigenvalue weighted by atomic mass is 16.5. The maximum absolute atomic E-state index is 5.39. The van der Waals surface area contributed by atoms with Gasteiger partial charge in [0.25, 0.3) is 0 Å². The SMILES string of the molecule is C#CCCCOCCOCCC(C)C. The summed E-state index contributed by atoms with van der Waals surface area (Å²) in [4.78, 5) is 0. The molecule has 0 bridgehead atoms. The molecule has 0 unspecified atom stereocenters. The van der Waals surface area contributed by atoms with E-state index in [1.807, 2.05) is 0 Å². The molecule has 0 aromatic heterocycles. The van der Waals surface area contributed by atoms with Gasteiger partial charge in [-0.2, -0.15) is 0 Å². The molecule has 0 heterocycles. The molecule has 0 aromatic carbocycles. The molecule has 14 heavy (non-hydrogen) atoms. The van der Waals surface area contributed by atoms with Crippen molar-refractivity contribution in [3.63, 3.8) is 0 Å². The van der Waals surface area contributed by atoms with Crippen molar-refractivity contribution >= 4 is 0 Å². The zero-order valence-electron chi connectivity index (χ0n) is 9.42. The summed E-state index contributed by atoms with van der Waals surface area (Å²) in [5.41, 5.74) is 0. The molecule has 0 atom stereocenters. The van der Waals surface area contributed by atoms with Crippen LogP contribution in [-0.2, 0) is 9.47 Å². The van der Waals surface area contributed by atoms with Crippen molar-refractivity contribution in [2.45, 2.75) is 33.1 Å². The van der Waals surface area contributed by atoms with Crippen molar-refractivity contribution in [3.8, 4) is 12.3 Å². The molecule has 0 radical (unpaired) electrons. The predicted molar refractivity (Wildman–Crippen MR) is 59.2 cm³/mol. The molecular formula is C12H22O2. The Hall–Kier alpha value is -0.520. The molecular weight excluding hydrogens is 176 g/mol. The van der Waals surface area contributed by atoms with E-state index in [0.717, 1.165) is 32.5 Å². The highest BCUT2D eigenvalue weighted by molar-refractivity contribution is 4.82. The Morgan fingerprint density at radius 2 is 1.71 bits per heavy atom.